The molecule has 2 heterocycles. The van der Waals surface area contributed by atoms with E-state index in [9.17, 15) is 23.5 Å². The van der Waals surface area contributed by atoms with Crippen molar-refractivity contribution in [2.24, 2.45) is 5.92 Å². The number of ether oxygens (including phenoxy) is 2. The summed E-state index contributed by atoms with van der Waals surface area (Å²) in [4.78, 5) is 19.7. The molecule has 47 heavy (non-hydrogen) atoms. The molecule has 12 heteroatoms. The number of sulfone groups is 1. The highest BCUT2D eigenvalue weighted by molar-refractivity contribution is 7.90. The van der Waals surface area contributed by atoms with Crippen molar-refractivity contribution in [2.45, 2.75) is 55.6 Å². The molecule has 3 unspecified atom stereocenters. The molecule has 2 aromatic carbocycles. The molecule has 10 nitrogen and oxygen atoms in total. The number of carbonyl (C=O) groups excluding carboxylic acids is 1. The first-order chi connectivity index (χ1) is 22.1. The summed E-state index contributed by atoms with van der Waals surface area (Å²) in [5.41, 5.74) is 2.08. The maximum atomic E-state index is 13.3. The topological polar surface area (TPSA) is 138 Å². The lowest BCUT2D eigenvalue weighted by Crippen LogP contribution is -2.57. The number of hydrogen-bond donors (Lipinski definition) is 3. The number of nitrogens with one attached hydrogen (secondary N) is 1. The number of pyridine rings is 1. The van der Waals surface area contributed by atoms with E-state index in [1.54, 1.807) is 80.3 Å². The Balaban J connectivity index is 1.95. The number of allylic oxidation sites excluding steroid dienone is 5. The largest absolute Gasteiger partial charge is 0.481 e. The molecule has 1 saturated heterocycles. The molecule has 1 aromatic heterocycles. The molecule has 252 valence electrons. The van der Waals surface area contributed by atoms with Crippen LogP contribution >= 0.6 is 11.6 Å². The fraction of sp³-hybridized carbons (Fsp3) is 0.371. The molecule has 0 radical (unpaired) electrons. The second-order valence-electron chi connectivity index (χ2n) is 12.7. The van der Waals surface area contributed by atoms with E-state index in [1.165, 1.54) is 13.2 Å². The number of nitrogens with zero attached hydrogens (tertiary/aromatic N) is 2. The van der Waals surface area contributed by atoms with Crippen LogP contribution in [0.25, 0.3) is 10.9 Å². The second-order valence-corrected chi connectivity index (χ2v) is 15.1. The van der Waals surface area contributed by atoms with Crippen molar-refractivity contribution < 1.29 is 33.0 Å². The summed E-state index contributed by atoms with van der Waals surface area (Å²) in [7, 11) is -2.03. The predicted molar refractivity (Wildman–Crippen MR) is 183 cm³/mol. The number of hydrogen-bond acceptors (Lipinski definition) is 9. The van der Waals surface area contributed by atoms with Crippen molar-refractivity contribution in [1.29, 1.82) is 0 Å². The van der Waals surface area contributed by atoms with Gasteiger partial charge in [0.2, 0.25) is 5.88 Å². The molecule has 3 atom stereocenters. The summed E-state index contributed by atoms with van der Waals surface area (Å²) in [5, 5.41) is 24.2. The second kappa shape index (κ2) is 14.5. The normalized spacial score (nSPS) is 19.9. The number of halogens is 1. The number of amides is 1. The van der Waals surface area contributed by atoms with Crippen LogP contribution in [0.3, 0.4) is 0 Å². The average Bonchev–Trinajstić information content (AvgIpc) is 3.00. The van der Waals surface area contributed by atoms with Gasteiger partial charge in [0.05, 0.1) is 23.1 Å². The first-order valence-electron chi connectivity index (χ1n) is 15.1. The van der Waals surface area contributed by atoms with Gasteiger partial charge in [-0.3, -0.25) is 10.7 Å². The molecule has 3 N–H and O–H groups in total. The van der Waals surface area contributed by atoms with Crippen LogP contribution in [-0.2, 0) is 14.6 Å². The lowest BCUT2D eigenvalue weighted by molar-refractivity contribution is -0.0857. The number of methoxy groups -OCH3 is 1. The number of hydroxylamine groups is 1. The van der Waals surface area contributed by atoms with Gasteiger partial charge in [0.15, 0.2) is 9.84 Å². The van der Waals surface area contributed by atoms with Crippen LogP contribution in [0.1, 0.15) is 50.7 Å². The van der Waals surface area contributed by atoms with Gasteiger partial charge in [0.25, 0.3) is 0 Å². The van der Waals surface area contributed by atoms with E-state index >= 15 is 0 Å². The van der Waals surface area contributed by atoms with Crippen molar-refractivity contribution in [1.82, 2.24) is 15.4 Å². The minimum absolute atomic E-state index is 0.0985. The maximum absolute atomic E-state index is 13.3. The van der Waals surface area contributed by atoms with Crippen LogP contribution in [-0.4, -0.2) is 72.4 Å². The fourth-order valence-corrected chi connectivity index (χ4v) is 6.74. The minimum atomic E-state index is -3.52. The van der Waals surface area contributed by atoms with Crippen LogP contribution in [0.15, 0.2) is 90.0 Å². The monoisotopic (exact) mass is 683 g/mol. The zero-order valence-electron chi connectivity index (χ0n) is 27.2. The summed E-state index contributed by atoms with van der Waals surface area (Å²) in [6.45, 7) is 9.31. The molecule has 0 aliphatic carbocycles. The van der Waals surface area contributed by atoms with Gasteiger partial charge < -0.3 is 19.5 Å². The SMILES string of the molecule is C=CC=CC=C(CC1CN(C(=O)OC(C)(C)C)CCC1(O)C(c1ccc(Cl)cc1)c1cc2cc(S(C)(=O)=O)ccc2nc1OC)NO. The number of piperidine rings is 1. The fourth-order valence-electron chi connectivity index (χ4n) is 5.96. The van der Waals surface area contributed by atoms with E-state index in [0.717, 1.165) is 6.26 Å². The van der Waals surface area contributed by atoms with Crippen molar-refractivity contribution in [3.63, 3.8) is 0 Å². The average molecular weight is 684 g/mol. The standard InChI is InChI=1S/C35H42ClN3O7S/c1-7-8-9-10-27(38-42)21-25-22-39(33(40)46-34(2,3)4)18-17-35(25,41)31(23-11-13-26(36)14-12-23)29-20-24-19-28(47(6,43)44)15-16-30(24)37-32(29)45-5/h7-16,19-20,25,31,38,41-42H,1,17-18,21-22H2,2-6H3. The van der Waals surface area contributed by atoms with Gasteiger partial charge >= 0.3 is 6.09 Å². The Kier molecular flexibility index (Phi) is 11.1. The Morgan fingerprint density at radius 3 is 2.51 bits per heavy atom. The quantitative estimate of drug-likeness (QED) is 0.163. The lowest BCUT2D eigenvalue weighted by Gasteiger charge is -2.49. The maximum Gasteiger partial charge on any atom is 0.410 e. The van der Waals surface area contributed by atoms with E-state index in [4.69, 9.17) is 26.1 Å². The van der Waals surface area contributed by atoms with E-state index in [2.05, 4.69) is 12.1 Å². The summed E-state index contributed by atoms with van der Waals surface area (Å²) in [6, 6.07) is 13.5. The molecule has 1 aliphatic heterocycles. The van der Waals surface area contributed by atoms with E-state index in [0.29, 0.717) is 32.7 Å². The molecular weight excluding hydrogens is 642 g/mol. The van der Waals surface area contributed by atoms with Crippen LogP contribution in [0.2, 0.25) is 5.02 Å². The lowest BCUT2D eigenvalue weighted by atomic mass is 9.66. The van der Waals surface area contributed by atoms with Crippen molar-refractivity contribution in [3.05, 3.63) is 101 Å². The Bertz CT molecular complexity index is 1790. The number of aliphatic hydroxyl groups is 1. The zero-order chi connectivity index (χ0) is 34.6. The molecule has 1 aliphatic rings. The highest BCUT2D eigenvalue weighted by atomic mass is 35.5. The molecule has 0 saturated carbocycles. The predicted octanol–water partition coefficient (Wildman–Crippen LogP) is 6.42. The van der Waals surface area contributed by atoms with Gasteiger partial charge in [-0.15, -0.1) is 0 Å². The Hall–Kier alpha value is -3.90. The molecule has 4 rings (SSSR count). The minimum Gasteiger partial charge on any atom is -0.481 e. The number of benzene rings is 2. The van der Waals surface area contributed by atoms with Crippen LogP contribution in [0.4, 0.5) is 4.79 Å². The third-order valence-corrected chi connectivity index (χ3v) is 9.51. The van der Waals surface area contributed by atoms with Crippen LogP contribution in [0.5, 0.6) is 5.88 Å². The molecular formula is C35H42ClN3O7S. The third kappa shape index (κ3) is 8.53. The van der Waals surface area contributed by atoms with Gasteiger partial charge in [0, 0.05) is 52.9 Å². The van der Waals surface area contributed by atoms with Gasteiger partial charge in [-0.2, -0.15) is 0 Å². The molecule has 1 amide bonds. The van der Waals surface area contributed by atoms with E-state index < -0.39 is 39.0 Å². The third-order valence-electron chi connectivity index (χ3n) is 8.15. The first-order valence-corrected chi connectivity index (χ1v) is 17.4. The summed E-state index contributed by atoms with van der Waals surface area (Å²) in [6.07, 6.45) is 7.54. The van der Waals surface area contributed by atoms with Crippen LogP contribution in [0, 0.1) is 5.92 Å². The molecule has 1 fully saturated rings. The van der Waals surface area contributed by atoms with Crippen molar-refractivity contribution in [3.8, 4) is 5.88 Å². The highest BCUT2D eigenvalue weighted by Gasteiger charge is 2.50. The Morgan fingerprint density at radius 1 is 1.21 bits per heavy atom. The smallest absolute Gasteiger partial charge is 0.410 e. The van der Waals surface area contributed by atoms with Crippen molar-refractivity contribution >= 4 is 38.4 Å². The summed E-state index contributed by atoms with van der Waals surface area (Å²) < 4.78 is 36.3. The number of rotatable bonds is 10. The van der Waals surface area contributed by atoms with E-state index in [1.807, 2.05) is 12.1 Å². The number of carbonyl (C=O) groups is 1. The molecule has 3 aromatic rings. The Morgan fingerprint density at radius 2 is 1.91 bits per heavy atom. The van der Waals surface area contributed by atoms with Crippen LogP contribution < -0.4 is 10.2 Å². The zero-order valence-corrected chi connectivity index (χ0v) is 28.8. The Labute approximate surface area is 281 Å². The number of aromatic nitrogens is 1. The number of likely N-dealkylation sites (tertiary alicyclic amines) is 1. The number of fused-ring (bicyclic) bond motifs is 1. The van der Waals surface area contributed by atoms with Crippen molar-refractivity contribution in [2.75, 3.05) is 26.5 Å². The highest BCUT2D eigenvalue weighted by Crippen LogP contribution is 2.49. The van der Waals surface area contributed by atoms with Gasteiger partial charge in [-0.05, 0) is 81.7 Å². The van der Waals surface area contributed by atoms with Gasteiger partial charge in [0.1, 0.15) is 5.60 Å². The van der Waals surface area contributed by atoms with Gasteiger partial charge in [-0.25, -0.2) is 18.2 Å². The summed E-state index contributed by atoms with van der Waals surface area (Å²) in [5.74, 6) is -1.20. The van der Waals surface area contributed by atoms with Gasteiger partial charge in [-0.1, -0.05) is 48.5 Å². The first kappa shape index (κ1) is 35.9. The molecule has 0 spiro atoms. The van der Waals surface area contributed by atoms with E-state index in [-0.39, 0.29) is 36.7 Å². The summed E-state index contributed by atoms with van der Waals surface area (Å²) >= 11 is 6.29. The molecule has 0 bridgehead atoms.